The van der Waals surface area contributed by atoms with Gasteiger partial charge in [-0.25, -0.2) is 13.8 Å². The zero-order valence-corrected chi connectivity index (χ0v) is 19.5. The molecule has 0 amide bonds. The van der Waals surface area contributed by atoms with Crippen LogP contribution in [0, 0.1) is 18.6 Å². The molecule has 0 fully saturated rings. The van der Waals surface area contributed by atoms with Crippen molar-refractivity contribution < 1.29 is 8.78 Å². The summed E-state index contributed by atoms with van der Waals surface area (Å²) in [6, 6.07) is 13.9. The number of H-pyrrole nitrogens is 1. The number of pyridine rings is 1. The first kappa shape index (κ1) is 22.1. The topological polar surface area (TPSA) is 50.7 Å². The maximum Gasteiger partial charge on any atom is 0.248 e. The Morgan fingerprint density at radius 1 is 1.12 bits per heavy atom. The minimum absolute atomic E-state index is 0.135. The van der Waals surface area contributed by atoms with E-state index < -0.39 is 17.2 Å². The molecule has 7 heteroatoms. The minimum Gasteiger partial charge on any atom is -0.323 e. The molecule has 1 aliphatic heterocycles. The molecule has 3 heterocycles. The zero-order chi connectivity index (χ0) is 24.0. The van der Waals surface area contributed by atoms with Crippen LogP contribution in [-0.2, 0) is 6.54 Å². The van der Waals surface area contributed by atoms with Crippen molar-refractivity contribution in [3.8, 4) is 11.3 Å². The van der Waals surface area contributed by atoms with E-state index in [0.717, 1.165) is 44.9 Å². The second-order valence-electron chi connectivity index (χ2n) is 8.16. The number of benzene rings is 2. The second kappa shape index (κ2) is 8.57. The predicted octanol–water partition coefficient (Wildman–Crippen LogP) is 6.57. The molecule has 0 spiro atoms. The van der Waals surface area contributed by atoms with Crippen LogP contribution in [-0.4, -0.2) is 14.5 Å². The van der Waals surface area contributed by atoms with Crippen molar-refractivity contribution in [1.82, 2.24) is 14.5 Å². The summed E-state index contributed by atoms with van der Waals surface area (Å²) >= 11 is 1.56. The van der Waals surface area contributed by atoms with Gasteiger partial charge in [-0.05, 0) is 54.2 Å². The molecular weight excluding hydrogens is 452 g/mol. The number of allylic oxidation sites excluding steroid dienone is 3. The molecule has 0 saturated heterocycles. The highest BCUT2D eigenvalue weighted by atomic mass is 32.2. The van der Waals surface area contributed by atoms with Crippen molar-refractivity contribution in [2.45, 2.75) is 20.4 Å². The fourth-order valence-corrected chi connectivity index (χ4v) is 5.11. The van der Waals surface area contributed by atoms with E-state index in [-0.39, 0.29) is 12.1 Å². The van der Waals surface area contributed by atoms with Crippen molar-refractivity contribution in [2.24, 2.45) is 0 Å². The van der Waals surface area contributed by atoms with Crippen molar-refractivity contribution in [3.63, 3.8) is 0 Å². The fourth-order valence-electron chi connectivity index (χ4n) is 4.17. The fraction of sp³-hybridized carbons (Fsp3) is 0.111. The monoisotopic (exact) mass is 473 g/mol. The summed E-state index contributed by atoms with van der Waals surface area (Å²) in [5, 5.41) is 2.42. The second-order valence-corrected chi connectivity index (χ2v) is 9.08. The number of fused-ring (bicyclic) bond motifs is 1. The molecule has 5 rings (SSSR count). The lowest BCUT2D eigenvalue weighted by Crippen LogP contribution is -2.13. The van der Waals surface area contributed by atoms with Crippen LogP contribution in [0.25, 0.3) is 27.1 Å². The average molecular weight is 474 g/mol. The number of imidazole rings is 1. The van der Waals surface area contributed by atoms with Gasteiger partial charge in [0.15, 0.2) is 11.6 Å². The minimum atomic E-state index is -1.06. The van der Waals surface area contributed by atoms with Gasteiger partial charge in [0.1, 0.15) is 5.82 Å². The van der Waals surface area contributed by atoms with Gasteiger partial charge >= 0.3 is 0 Å². The highest BCUT2D eigenvalue weighted by Crippen LogP contribution is 2.40. The van der Waals surface area contributed by atoms with Crippen molar-refractivity contribution in [1.29, 1.82) is 0 Å². The Balaban J connectivity index is 1.74. The molecule has 0 unspecified atom stereocenters. The molecule has 34 heavy (non-hydrogen) atoms. The Hall–Kier alpha value is -3.71. The van der Waals surface area contributed by atoms with Crippen LogP contribution in [0.15, 0.2) is 82.5 Å². The third-order valence-electron chi connectivity index (χ3n) is 6.07. The number of nitrogens with one attached hydrogen (secondary N) is 1. The van der Waals surface area contributed by atoms with Crippen LogP contribution in [0.4, 0.5) is 8.78 Å². The summed E-state index contributed by atoms with van der Waals surface area (Å²) in [6.07, 6.45) is 1.96. The number of aromatic amines is 1. The third kappa shape index (κ3) is 3.72. The van der Waals surface area contributed by atoms with Gasteiger partial charge < -0.3 is 9.55 Å². The van der Waals surface area contributed by atoms with Gasteiger partial charge in [0.05, 0.1) is 22.7 Å². The van der Waals surface area contributed by atoms with Crippen LogP contribution in [0.3, 0.4) is 0 Å². The van der Waals surface area contributed by atoms with Crippen LogP contribution in [0.1, 0.15) is 24.0 Å². The normalized spacial score (nSPS) is 13.8. The maximum absolute atomic E-state index is 14.5. The molecule has 2 aromatic heterocycles. The first-order chi connectivity index (χ1) is 16.3. The highest BCUT2D eigenvalue weighted by molar-refractivity contribution is 8.11. The maximum atomic E-state index is 14.5. The largest absolute Gasteiger partial charge is 0.323 e. The van der Waals surface area contributed by atoms with E-state index in [1.165, 1.54) is 12.1 Å². The first-order valence-corrected chi connectivity index (χ1v) is 11.6. The molecule has 0 bridgehead atoms. The predicted molar refractivity (Wildman–Crippen MR) is 134 cm³/mol. The molecular formula is C27H21F2N3OS. The van der Waals surface area contributed by atoms with Crippen LogP contribution in [0.2, 0.25) is 0 Å². The average Bonchev–Trinajstić information content (AvgIpc) is 3.15. The standard InChI is InChI=1S/C27H21F2N3OS/c1-15-11-12-34-26(16(15)2)27-31-24(18-7-5-4-6-8-18)17(3)32(27)14-19-13-22(33)30-25-20(19)9-10-21(28)23(25)29/h4-13H,1,14H2,2-3H3,(H,30,33). The number of hydrogen-bond acceptors (Lipinski definition) is 3. The van der Waals surface area contributed by atoms with Crippen molar-refractivity contribution in [2.75, 3.05) is 0 Å². The zero-order valence-electron chi connectivity index (χ0n) is 18.7. The van der Waals surface area contributed by atoms with Gasteiger partial charge in [-0.3, -0.25) is 4.79 Å². The van der Waals surface area contributed by atoms with Crippen LogP contribution < -0.4 is 5.56 Å². The smallest absolute Gasteiger partial charge is 0.248 e. The SMILES string of the molecule is C=C1C=CSC(c2nc(-c3ccccc3)c(C)n2Cc2cc(=O)[nH]c3c(F)c(F)ccc23)=C1C. The summed E-state index contributed by atoms with van der Waals surface area (Å²) < 4.78 is 30.3. The van der Waals surface area contributed by atoms with E-state index in [1.807, 2.05) is 60.2 Å². The Labute approximate surface area is 199 Å². The lowest BCUT2D eigenvalue weighted by Gasteiger charge is -2.17. The van der Waals surface area contributed by atoms with Gasteiger partial charge in [-0.15, -0.1) is 0 Å². The summed E-state index contributed by atoms with van der Waals surface area (Å²) in [5.41, 5.74) is 4.56. The van der Waals surface area contributed by atoms with Gasteiger partial charge in [-0.2, -0.15) is 0 Å². The summed E-state index contributed by atoms with van der Waals surface area (Å²) in [6.45, 7) is 8.37. The Bertz CT molecular complexity index is 1580. The van der Waals surface area contributed by atoms with Gasteiger partial charge in [0.2, 0.25) is 5.56 Å². The quantitative estimate of drug-likeness (QED) is 0.365. The van der Waals surface area contributed by atoms with Crippen molar-refractivity contribution in [3.05, 3.63) is 117 Å². The first-order valence-electron chi connectivity index (χ1n) is 10.7. The third-order valence-corrected chi connectivity index (χ3v) is 7.07. The number of nitrogens with zero attached hydrogens (tertiary/aromatic N) is 2. The lowest BCUT2D eigenvalue weighted by molar-refractivity contribution is 0.515. The van der Waals surface area contributed by atoms with Gasteiger partial charge in [0, 0.05) is 22.7 Å². The molecule has 2 aromatic carbocycles. The van der Waals surface area contributed by atoms with E-state index in [9.17, 15) is 13.6 Å². The summed E-state index contributed by atoms with van der Waals surface area (Å²) in [7, 11) is 0. The number of halogens is 2. The Kier molecular flexibility index (Phi) is 5.57. The molecule has 0 aliphatic carbocycles. The van der Waals surface area contributed by atoms with E-state index in [2.05, 4.69) is 11.6 Å². The van der Waals surface area contributed by atoms with Crippen LogP contribution in [0.5, 0.6) is 0 Å². The Morgan fingerprint density at radius 3 is 2.65 bits per heavy atom. The molecule has 170 valence electrons. The molecule has 4 aromatic rings. The van der Waals surface area contributed by atoms with E-state index in [1.54, 1.807) is 11.8 Å². The molecule has 4 nitrogen and oxygen atoms in total. The Morgan fingerprint density at radius 2 is 1.88 bits per heavy atom. The lowest BCUT2D eigenvalue weighted by atomic mass is 10.1. The molecule has 1 aliphatic rings. The summed E-state index contributed by atoms with van der Waals surface area (Å²) in [4.78, 5) is 20.7. The van der Waals surface area contributed by atoms with E-state index in [4.69, 9.17) is 4.98 Å². The summed E-state index contributed by atoms with van der Waals surface area (Å²) in [5.74, 6) is -1.33. The highest BCUT2D eigenvalue weighted by Gasteiger charge is 2.23. The van der Waals surface area contributed by atoms with Gasteiger partial charge in [-0.1, -0.05) is 48.7 Å². The number of aromatic nitrogens is 3. The van der Waals surface area contributed by atoms with E-state index in [0.29, 0.717) is 10.9 Å². The number of hydrogen-bond donors (Lipinski definition) is 1. The molecule has 0 atom stereocenters. The van der Waals surface area contributed by atoms with Crippen LogP contribution >= 0.6 is 11.8 Å². The molecule has 0 radical (unpaired) electrons. The van der Waals surface area contributed by atoms with E-state index >= 15 is 0 Å². The van der Waals surface area contributed by atoms with Crippen molar-refractivity contribution >= 4 is 27.6 Å². The molecule has 1 N–H and O–H groups in total. The van der Waals surface area contributed by atoms with Gasteiger partial charge in [0.25, 0.3) is 0 Å². The molecule has 0 saturated carbocycles. The number of rotatable bonds is 4. The number of thioether (sulfide) groups is 1.